The van der Waals surface area contributed by atoms with Crippen LogP contribution in [0, 0.1) is 17.5 Å². The van der Waals surface area contributed by atoms with Gasteiger partial charge in [-0.05, 0) is 37.0 Å². The number of rotatable bonds is 7. The molecule has 0 aliphatic rings. The second kappa shape index (κ2) is 8.90. The Morgan fingerprint density at radius 3 is 2.07 bits per heavy atom. The first-order valence-electron chi connectivity index (χ1n) is 7.82. The number of halogens is 6. The van der Waals surface area contributed by atoms with E-state index in [1.807, 2.05) is 0 Å². The molecular weight excluding hydrogens is 378 g/mol. The maximum absolute atomic E-state index is 13.1. The average molecular weight is 392 g/mol. The van der Waals surface area contributed by atoms with Gasteiger partial charge in [0.25, 0.3) is 0 Å². The van der Waals surface area contributed by atoms with E-state index < -0.39 is 42.1 Å². The van der Waals surface area contributed by atoms with Crippen LogP contribution in [0.2, 0.25) is 0 Å². The Labute approximate surface area is 150 Å². The van der Waals surface area contributed by atoms with E-state index in [1.165, 1.54) is 12.1 Å². The van der Waals surface area contributed by atoms with Gasteiger partial charge in [-0.2, -0.15) is 0 Å². The van der Waals surface area contributed by atoms with Crippen molar-refractivity contribution in [2.24, 2.45) is 0 Å². The van der Waals surface area contributed by atoms with Crippen molar-refractivity contribution in [2.45, 2.75) is 25.6 Å². The van der Waals surface area contributed by atoms with Crippen molar-refractivity contribution in [3.8, 4) is 5.75 Å². The molecule has 0 radical (unpaired) electrons. The Kier molecular flexibility index (Phi) is 6.84. The molecule has 3 nitrogen and oxygen atoms in total. The van der Waals surface area contributed by atoms with Crippen LogP contribution in [0.1, 0.15) is 28.8 Å². The minimum atomic E-state index is -4.64. The molecule has 0 fully saturated rings. The second-order valence-corrected chi connectivity index (χ2v) is 5.54. The molecule has 0 atom stereocenters. The summed E-state index contributed by atoms with van der Waals surface area (Å²) in [6.45, 7) is -0.432. The van der Waals surface area contributed by atoms with E-state index >= 15 is 0 Å². The van der Waals surface area contributed by atoms with E-state index in [4.69, 9.17) is 4.74 Å². The van der Waals surface area contributed by atoms with E-state index in [0.717, 1.165) is 5.56 Å². The standard InChI is InChI=1S/C18H14F6O3/c19-14-9-13(10-15(20)16(14)21)27-17(25)12-6-4-11(5-7-12)3-1-2-8-26-18(22,23)24/h4-7,9-10H,1-3,8H2. The maximum atomic E-state index is 13.1. The van der Waals surface area contributed by atoms with Gasteiger partial charge in [-0.3, -0.25) is 4.74 Å². The Bertz CT molecular complexity index is 764. The van der Waals surface area contributed by atoms with Crippen molar-refractivity contribution in [3.05, 3.63) is 65.0 Å². The van der Waals surface area contributed by atoms with Crippen LogP contribution in [-0.2, 0) is 11.2 Å². The molecule has 0 aliphatic heterocycles. The Morgan fingerprint density at radius 1 is 0.926 bits per heavy atom. The molecule has 27 heavy (non-hydrogen) atoms. The molecular formula is C18H14F6O3. The minimum absolute atomic E-state index is 0.0873. The number of unbranched alkanes of at least 4 members (excludes halogenated alkanes) is 1. The summed E-state index contributed by atoms with van der Waals surface area (Å²) in [4.78, 5) is 11.9. The topological polar surface area (TPSA) is 35.5 Å². The number of carbonyl (C=O) groups excluding carboxylic acids is 1. The fourth-order valence-electron chi connectivity index (χ4n) is 2.18. The molecule has 9 heteroatoms. The van der Waals surface area contributed by atoms with Crippen LogP contribution in [0.15, 0.2) is 36.4 Å². The Morgan fingerprint density at radius 2 is 1.52 bits per heavy atom. The molecule has 2 rings (SSSR count). The highest BCUT2D eigenvalue weighted by Crippen LogP contribution is 2.21. The van der Waals surface area contributed by atoms with Gasteiger partial charge in [-0.1, -0.05) is 12.1 Å². The molecule has 2 aromatic rings. The molecule has 0 heterocycles. The summed E-state index contributed by atoms with van der Waals surface area (Å²) in [5.41, 5.74) is 0.863. The molecule has 0 bridgehead atoms. The van der Waals surface area contributed by atoms with E-state index in [9.17, 15) is 31.1 Å². The number of hydrogen-bond donors (Lipinski definition) is 0. The number of aryl methyl sites for hydroxylation is 1. The molecule has 0 aromatic heterocycles. The number of ether oxygens (including phenoxy) is 2. The maximum Gasteiger partial charge on any atom is 0.522 e. The normalized spacial score (nSPS) is 11.5. The summed E-state index contributed by atoms with van der Waals surface area (Å²) >= 11 is 0. The summed E-state index contributed by atoms with van der Waals surface area (Å²) in [6, 6.07) is 7.06. The highest BCUT2D eigenvalue weighted by atomic mass is 19.4. The molecule has 0 aliphatic carbocycles. The number of carbonyl (C=O) groups is 1. The lowest BCUT2D eigenvalue weighted by molar-refractivity contribution is -0.324. The third-order valence-corrected chi connectivity index (χ3v) is 3.48. The lowest BCUT2D eigenvalue weighted by Gasteiger charge is -2.08. The number of alkyl halides is 3. The Hall–Kier alpha value is -2.55. The lowest BCUT2D eigenvalue weighted by atomic mass is 10.1. The molecule has 0 saturated heterocycles. The fraction of sp³-hybridized carbons (Fsp3) is 0.278. The first-order valence-corrected chi connectivity index (χ1v) is 7.82. The fourth-order valence-corrected chi connectivity index (χ4v) is 2.18. The van der Waals surface area contributed by atoms with Crippen molar-refractivity contribution in [1.29, 1.82) is 0 Å². The van der Waals surface area contributed by atoms with Crippen molar-refractivity contribution in [1.82, 2.24) is 0 Å². The smallest absolute Gasteiger partial charge is 0.423 e. The van der Waals surface area contributed by atoms with Crippen molar-refractivity contribution in [3.63, 3.8) is 0 Å². The van der Waals surface area contributed by atoms with E-state index in [-0.39, 0.29) is 12.0 Å². The van der Waals surface area contributed by atoms with Gasteiger partial charge in [0.05, 0.1) is 12.2 Å². The minimum Gasteiger partial charge on any atom is -0.423 e. The molecule has 0 N–H and O–H groups in total. The highest BCUT2D eigenvalue weighted by molar-refractivity contribution is 5.91. The van der Waals surface area contributed by atoms with Crippen molar-refractivity contribution in [2.75, 3.05) is 6.61 Å². The van der Waals surface area contributed by atoms with Crippen LogP contribution in [0.3, 0.4) is 0 Å². The van der Waals surface area contributed by atoms with Gasteiger partial charge in [0.2, 0.25) is 0 Å². The summed E-state index contributed by atoms with van der Waals surface area (Å²) < 4.78 is 83.0. The lowest BCUT2D eigenvalue weighted by Crippen LogP contribution is -2.14. The van der Waals surface area contributed by atoms with Gasteiger partial charge < -0.3 is 4.74 Å². The molecule has 0 spiro atoms. The van der Waals surface area contributed by atoms with Crippen LogP contribution < -0.4 is 4.74 Å². The largest absolute Gasteiger partial charge is 0.522 e. The van der Waals surface area contributed by atoms with Gasteiger partial charge in [0.1, 0.15) is 5.75 Å². The summed E-state index contributed by atoms with van der Waals surface area (Å²) in [7, 11) is 0. The summed E-state index contributed by atoms with van der Waals surface area (Å²) in [5.74, 6) is -6.01. The van der Waals surface area contributed by atoms with E-state index in [0.29, 0.717) is 25.0 Å². The van der Waals surface area contributed by atoms with Gasteiger partial charge in [0, 0.05) is 12.1 Å². The number of esters is 1. The summed E-state index contributed by atoms with van der Waals surface area (Å²) in [5, 5.41) is 0. The first kappa shape index (κ1) is 20.8. The first-order chi connectivity index (χ1) is 12.7. The van der Waals surface area contributed by atoms with Gasteiger partial charge in [-0.25, -0.2) is 18.0 Å². The predicted molar refractivity (Wildman–Crippen MR) is 82.7 cm³/mol. The third-order valence-electron chi connectivity index (χ3n) is 3.48. The zero-order valence-electron chi connectivity index (χ0n) is 13.8. The van der Waals surface area contributed by atoms with Crippen molar-refractivity contribution >= 4 is 5.97 Å². The third kappa shape index (κ3) is 6.59. The zero-order chi connectivity index (χ0) is 20.0. The molecule has 0 saturated carbocycles. The van der Waals surface area contributed by atoms with Crippen LogP contribution in [-0.4, -0.2) is 18.9 Å². The molecule has 146 valence electrons. The van der Waals surface area contributed by atoms with Gasteiger partial charge in [-0.15, -0.1) is 13.2 Å². The number of benzene rings is 2. The van der Waals surface area contributed by atoms with Crippen molar-refractivity contribution < 1.29 is 40.6 Å². The molecule has 0 unspecified atom stereocenters. The van der Waals surface area contributed by atoms with Gasteiger partial charge in [0.15, 0.2) is 17.5 Å². The number of hydrogen-bond acceptors (Lipinski definition) is 3. The van der Waals surface area contributed by atoms with Crippen LogP contribution >= 0.6 is 0 Å². The van der Waals surface area contributed by atoms with Crippen LogP contribution in [0.5, 0.6) is 5.75 Å². The Balaban J connectivity index is 1.86. The predicted octanol–water partition coefficient (Wildman–Crippen LogP) is 5.18. The summed E-state index contributed by atoms with van der Waals surface area (Å²) in [6.07, 6.45) is -3.50. The van der Waals surface area contributed by atoms with Crippen LogP contribution in [0.25, 0.3) is 0 Å². The average Bonchev–Trinajstić information content (AvgIpc) is 2.59. The SMILES string of the molecule is O=C(Oc1cc(F)c(F)c(F)c1)c1ccc(CCCCOC(F)(F)F)cc1. The monoisotopic (exact) mass is 392 g/mol. The van der Waals surface area contributed by atoms with Crippen LogP contribution in [0.4, 0.5) is 26.3 Å². The van der Waals surface area contributed by atoms with E-state index in [2.05, 4.69) is 4.74 Å². The second-order valence-electron chi connectivity index (χ2n) is 5.54. The molecule has 0 amide bonds. The van der Waals surface area contributed by atoms with E-state index in [1.54, 1.807) is 12.1 Å². The molecule has 2 aromatic carbocycles. The zero-order valence-corrected chi connectivity index (χ0v) is 13.8. The quantitative estimate of drug-likeness (QED) is 0.214. The van der Waals surface area contributed by atoms with Gasteiger partial charge >= 0.3 is 12.3 Å². The highest BCUT2D eigenvalue weighted by Gasteiger charge is 2.28.